The summed E-state index contributed by atoms with van der Waals surface area (Å²) in [6.07, 6.45) is 4.38. The lowest BCUT2D eigenvalue weighted by atomic mass is 9.84. The Bertz CT molecular complexity index is 562. The molecule has 4 heteroatoms. The minimum absolute atomic E-state index is 0.118. The number of benzene rings is 1. The predicted molar refractivity (Wildman–Crippen MR) is 81.8 cm³/mol. The third kappa shape index (κ3) is 3.32. The highest BCUT2D eigenvalue weighted by molar-refractivity contribution is 5.92. The van der Waals surface area contributed by atoms with Gasteiger partial charge in [0.1, 0.15) is 0 Å². The molecule has 0 bridgehead atoms. The average molecular weight is 287 g/mol. The van der Waals surface area contributed by atoms with Crippen LogP contribution in [0.3, 0.4) is 0 Å². The summed E-state index contributed by atoms with van der Waals surface area (Å²) in [6.45, 7) is 4.69. The quantitative estimate of drug-likeness (QED) is 0.866. The number of aryl methyl sites for hydroxylation is 1. The zero-order chi connectivity index (χ0) is 15.5. The van der Waals surface area contributed by atoms with Crippen LogP contribution in [0.4, 0.5) is 0 Å². The van der Waals surface area contributed by atoms with Gasteiger partial charge in [0.15, 0.2) is 0 Å². The van der Waals surface area contributed by atoms with E-state index in [0.29, 0.717) is 25.9 Å². The largest absolute Gasteiger partial charge is 0.481 e. The van der Waals surface area contributed by atoms with Crippen molar-refractivity contribution in [1.29, 1.82) is 0 Å². The van der Waals surface area contributed by atoms with Gasteiger partial charge in [-0.25, -0.2) is 0 Å². The van der Waals surface area contributed by atoms with Crippen LogP contribution in [-0.4, -0.2) is 35.0 Å². The average Bonchev–Trinajstić information content (AvgIpc) is 2.92. The first kappa shape index (κ1) is 15.3. The molecule has 1 N–H and O–H groups in total. The second kappa shape index (κ2) is 6.12. The summed E-state index contributed by atoms with van der Waals surface area (Å²) in [4.78, 5) is 25.2. The fraction of sp³-hybridized carbons (Fsp3) is 0.412. The van der Waals surface area contributed by atoms with Gasteiger partial charge in [-0.1, -0.05) is 36.8 Å². The van der Waals surface area contributed by atoms with Crippen molar-refractivity contribution in [2.24, 2.45) is 5.41 Å². The molecule has 1 aliphatic rings. The van der Waals surface area contributed by atoms with Gasteiger partial charge in [0.25, 0.3) is 0 Å². The SMILES string of the molecule is CCC1(C(=O)O)CCN(C(=O)C=Cc2ccc(C)cc2)C1. The first-order valence-corrected chi connectivity index (χ1v) is 7.24. The summed E-state index contributed by atoms with van der Waals surface area (Å²) in [7, 11) is 0. The fourth-order valence-corrected chi connectivity index (χ4v) is 2.63. The molecule has 4 nitrogen and oxygen atoms in total. The van der Waals surface area contributed by atoms with Crippen molar-refractivity contribution in [1.82, 2.24) is 4.90 Å². The van der Waals surface area contributed by atoms with Gasteiger partial charge in [0.2, 0.25) is 5.91 Å². The number of carboxylic acids is 1. The molecule has 1 amide bonds. The van der Waals surface area contributed by atoms with Gasteiger partial charge in [-0.2, -0.15) is 0 Å². The molecule has 112 valence electrons. The van der Waals surface area contributed by atoms with Gasteiger partial charge in [0, 0.05) is 19.2 Å². The normalized spacial score (nSPS) is 21.9. The monoisotopic (exact) mass is 287 g/mol. The lowest BCUT2D eigenvalue weighted by molar-refractivity contribution is -0.148. The van der Waals surface area contributed by atoms with Crippen LogP contribution in [0.2, 0.25) is 0 Å². The molecular formula is C17H21NO3. The number of hydrogen-bond acceptors (Lipinski definition) is 2. The first-order chi connectivity index (χ1) is 9.97. The Balaban J connectivity index is 2.02. The number of carbonyl (C=O) groups is 2. The summed E-state index contributed by atoms with van der Waals surface area (Å²) < 4.78 is 0. The highest BCUT2D eigenvalue weighted by Crippen LogP contribution is 2.34. The van der Waals surface area contributed by atoms with E-state index in [-0.39, 0.29) is 5.91 Å². The van der Waals surface area contributed by atoms with Crippen LogP contribution in [0.5, 0.6) is 0 Å². The van der Waals surface area contributed by atoms with Gasteiger partial charge < -0.3 is 10.0 Å². The molecule has 1 atom stereocenters. The molecule has 0 aliphatic carbocycles. The van der Waals surface area contributed by atoms with Gasteiger partial charge in [-0.05, 0) is 31.4 Å². The van der Waals surface area contributed by atoms with E-state index in [1.54, 1.807) is 11.0 Å². The Morgan fingerprint density at radius 1 is 1.33 bits per heavy atom. The second-order valence-electron chi connectivity index (χ2n) is 5.69. The van der Waals surface area contributed by atoms with Crippen LogP contribution in [0.15, 0.2) is 30.3 Å². The van der Waals surface area contributed by atoms with E-state index in [1.807, 2.05) is 38.1 Å². The van der Waals surface area contributed by atoms with Gasteiger partial charge in [0.05, 0.1) is 5.41 Å². The van der Waals surface area contributed by atoms with E-state index in [2.05, 4.69) is 0 Å². The van der Waals surface area contributed by atoms with Crippen LogP contribution in [0, 0.1) is 12.3 Å². The molecule has 1 saturated heterocycles. The molecule has 1 aromatic rings. The van der Waals surface area contributed by atoms with Gasteiger partial charge in [-0.15, -0.1) is 0 Å². The molecule has 1 heterocycles. The summed E-state index contributed by atoms with van der Waals surface area (Å²) in [6, 6.07) is 7.90. The highest BCUT2D eigenvalue weighted by Gasteiger charge is 2.44. The van der Waals surface area contributed by atoms with E-state index in [1.165, 1.54) is 11.6 Å². The maximum absolute atomic E-state index is 12.2. The Kier molecular flexibility index (Phi) is 4.46. The van der Waals surface area contributed by atoms with Crippen molar-refractivity contribution >= 4 is 18.0 Å². The predicted octanol–water partition coefficient (Wildman–Crippen LogP) is 2.72. The smallest absolute Gasteiger partial charge is 0.311 e. The van der Waals surface area contributed by atoms with Crippen molar-refractivity contribution in [3.8, 4) is 0 Å². The molecule has 0 aromatic heterocycles. The Hall–Kier alpha value is -2.10. The molecule has 21 heavy (non-hydrogen) atoms. The van der Waals surface area contributed by atoms with E-state index >= 15 is 0 Å². The van der Waals surface area contributed by atoms with Crippen LogP contribution >= 0.6 is 0 Å². The number of aliphatic carboxylic acids is 1. The van der Waals surface area contributed by atoms with Gasteiger partial charge in [-0.3, -0.25) is 9.59 Å². The molecule has 0 saturated carbocycles. The second-order valence-corrected chi connectivity index (χ2v) is 5.69. The van der Waals surface area contributed by atoms with Crippen molar-refractivity contribution in [2.75, 3.05) is 13.1 Å². The van der Waals surface area contributed by atoms with E-state index in [0.717, 1.165) is 5.56 Å². The number of hydrogen-bond donors (Lipinski definition) is 1. The molecule has 2 rings (SSSR count). The van der Waals surface area contributed by atoms with Crippen molar-refractivity contribution in [3.63, 3.8) is 0 Å². The first-order valence-electron chi connectivity index (χ1n) is 7.24. The van der Waals surface area contributed by atoms with E-state index in [4.69, 9.17) is 0 Å². The number of nitrogens with zero attached hydrogens (tertiary/aromatic N) is 1. The molecule has 1 unspecified atom stereocenters. The van der Waals surface area contributed by atoms with Crippen molar-refractivity contribution in [2.45, 2.75) is 26.7 Å². The lowest BCUT2D eigenvalue weighted by Crippen LogP contribution is -2.35. The van der Waals surface area contributed by atoms with E-state index < -0.39 is 11.4 Å². The maximum atomic E-state index is 12.2. The maximum Gasteiger partial charge on any atom is 0.311 e. The van der Waals surface area contributed by atoms with Crippen molar-refractivity contribution in [3.05, 3.63) is 41.5 Å². The Morgan fingerprint density at radius 2 is 2.00 bits per heavy atom. The number of carboxylic acid groups (broad SMARTS) is 1. The van der Waals surface area contributed by atoms with Gasteiger partial charge >= 0.3 is 5.97 Å². The van der Waals surface area contributed by atoms with Crippen LogP contribution in [0.1, 0.15) is 30.9 Å². The number of amides is 1. The van der Waals surface area contributed by atoms with Crippen LogP contribution < -0.4 is 0 Å². The fourth-order valence-electron chi connectivity index (χ4n) is 2.63. The number of rotatable bonds is 4. The third-order valence-electron chi connectivity index (χ3n) is 4.29. The standard InChI is InChI=1S/C17H21NO3/c1-3-17(16(20)21)10-11-18(12-17)15(19)9-8-14-6-4-13(2)5-7-14/h4-9H,3,10-12H2,1-2H3,(H,20,21). The summed E-state index contributed by atoms with van der Waals surface area (Å²) in [5.41, 5.74) is 1.37. The number of likely N-dealkylation sites (tertiary alicyclic amines) is 1. The molecule has 1 aromatic carbocycles. The molecular weight excluding hydrogens is 266 g/mol. The molecule has 0 spiro atoms. The van der Waals surface area contributed by atoms with E-state index in [9.17, 15) is 14.7 Å². The number of carbonyl (C=O) groups excluding carboxylic acids is 1. The molecule has 1 aliphatic heterocycles. The zero-order valence-electron chi connectivity index (χ0n) is 12.5. The summed E-state index contributed by atoms with van der Waals surface area (Å²) in [5.74, 6) is -0.921. The zero-order valence-corrected chi connectivity index (χ0v) is 12.5. The van der Waals surface area contributed by atoms with Crippen molar-refractivity contribution < 1.29 is 14.7 Å². The van der Waals surface area contributed by atoms with Crippen LogP contribution in [0.25, 0.3) is 6.08 Å². The summed E-state index contributed by atoms with van der Waals surface area (Å²) >= 11 is 0. The topological polar surface area (TPSA) is 57.6 Å². The third-order valence-corrected chi connectivity index (χ3v) is 4.29. The Labute approximate surface area is 125 Å². The minimum Gasteiger partial charge on any atom is -0.481 e. The molecule has 0 radical (unpaired) electrons. The molecule has 1 fully saturated rings. The minimum atomic E-state index is -0.803. The highest BCUT2D eigenvalue weighted by atomic mass is 16.4. The summed E-state index contributed by atoms with van der Waals surface area (Å²) in [5, 5.41) is 9.34. The lowest BCUT2D eigenvalue weighted by Gasteiger charge is -2.22. The Morgan fingerprint density at radius 3 is 2.52 bits per heavy atom. The van der Waals surface area contributed by atoms with Crippen LogP contribution in [-0.2, 0) is 9.59 Å².